The van der Waals surface area contributed by atoms with Crippen LogP contribution in [0.5, 0.6) is 0 Å². The summed E-state index contributed by atoms with van der Waals surface area (Å²) in [6.07, 6.45) is 4.09. The molecule has 0 aromatic carbocycles. The van der Waals surface area contributed by atoms with Crippen LogP contribution in [0.3, 0.4) is 0 Å². The predicted octanol–water partition coefficient (Wildman–Crippen LogP) is 0.893. The van der Waals surface area contributed by atoms with Crippen LogP contribution < -0.4 is 11.3 Å². The number of nitrogens with one attached hydrogen (secondary N) is 1. The van der Waals surface area contributed by atoms with Crippen molar-refractivity contribution in [2.75, 3.05) is 5.43 Å². The molecule has 0 spiro atoms. The van der Waals surface area contributed by atoms with Gasteiger partial charge in [0, 0.05) is 0 Å². The Bertz CT molecular complexity index is 273. The van der Waals surface area contributed by atoms with Gasteiger partial charge in [0.2, 0.25) is 5.13 Å². The van der Waals surface area contributed by atoms with E-state index in [-0.39, 0.29) is 0 Å². The summed E-state index contributed by atoms with van der Waals surface area (Å²) in [5.74, 6) is 5.17. The summed E-state index contributed by atoms with van der Waals surface area (Å²) in [5, 5.41) is 9.23. The molecule has 0 amide bonds. The van der Waals surface area contributed by atoms with Crippen molar-refractivity contribution in [3.63, 3.8) is 0 Å². The van der Waals surface area contributed by atoms with Crippen LogP contribution in [-0.2, 0) is 11.3 Å². The molecule has 72 valence electrons. The highest BCUT2D eigenvalue weighted by molar-refractivity contribution is 7.15. The summed E-state index contributed by atoms with van der Waals surface area (Å²) in [7, 11) is 0. The standard InChI is InChI=1S/C7H12N4OS/c8-9-7-11-10-6(13-7)4-12-5-2-1-3-5/h5H,1-4,8H2,(H,9,11). The smallest absolute Gasteiger partial charge is 0.219 e. The van der Waals surface area contributed by atoms with E-state index >= 15 is 0 Å². The molecule has 1 aromatic heterocycles. The van der Waals surface area contributed by atoms with Crippen LogP contribution in [0.1, 0.15) is 24.3 Å². The third-order valence-corrected chi connectivity index (χ3v) is 2.91. The van der Waals surface area contributed by atoms with E-state index in [1.54, 1.807) is 0 Å². The van der Waals surface area contributed by atoms with Gasteiger partial charge in [-0.05, 0) is 19.3 Å². The fraction of sp³-hybridized carbons (Fsp3) is 0.714. The lowest BCUT2D eigenvalue weighted by Gasteiger charge is -2.24. The maximum Gasteiger partial charge on any atom is 0.219 e. The zero-order chi connectivity index (χ0) is 9.10. The van der Waals surface area contributed by atoms with E-state index < -0.39 is 0 Å². The molecule has 13 heavy (non-hydrogen) atoms. The lowest BCUT2D eigenvalue weighted by Crippen LogP contribution is -2.21. The minimum Gasteiger partial charge on any atom is -0.371 e. The number of nitrogens with two attached hydrogens (primary N) is 1. The van der Waals surface area contributed by atoms with Crippen molar-refractivity contribution in [1.29, 1.82) is 0 Å². The van der Waals surface area contributed by atoms with E-state index in [1.807, 2.05) is 0 Å². The summed E-state index contributed by atoms with van der Waals surface area (Å²) in [4.78, 5) is 0. The first-order chi connectivity index (χ1) is 6.38. The molecule has 1 saturated carbocycles. The Hall–Kier alpha value is -0.720. The van der Waals surface area contributed by atoms with E-state index in [1.165, 1.54) is 30.6 Å². The zero-order valence-electron chi connectivity index (χ0n) is 7.19. The lowest BCUT2D eigenvalue weighted by atomic mass is 9.96. The number of hydrogen-bond donors (Lipinski definition) is 2. The summed E-state index contributed by atoms with van der Waals surface area (Å²) in [5.41, 5.74) is 2.45. The number of rotatable bonds is 4. The SMILES string of the molecule is NNc1nnc(COC2CCC2)s1. The van der Waals surface area contributed by atoms with Crippen LogP contribution in [0.15, 0.2) is 0 Å². The molecular formula is C7H12N4OS. The van der Waals surface area contributed by atoms with E-state index in [9.17, 15) is 0 Å². The maximum absolute atomic E-state index is 5.56. The lowest BCUT2D eigenvalue weighted by molar-refractivity contribution is -0.00892. The van der Waals surface area contributed by atoms with Crippen LogP contribution >= 0.6 is 11.3 Å². The van der Waals surface area contributed by atoms with Crippen molar-refractivity contribution in [3.8, 4) is 0 Å². The number of hydrogen-bond acceptors (Lipinski definition) is 6. The van der Waals surface area contributed by atoms with Gasteiger partial charge >= 0.3 is 0 Å². The largest absolute Gasteiger partial charge is 0.371 e. The van der Waals surface area contributed by atoms with Gasteiger partial charge in [0.1, 0.15) is 11.6 Å². The third kappa shape index (κ3) is 2.15. The molecule has 6 heteroatoms. The molecule has 5 nitrogen and oxygen atoms in total. The second-order valence-corrected chi connectivity index (χ2v) is 4.07. The van der Waals surface area contributed by atoms with Gasteiger partial charge in [-0.15, -0.1) is 10.2 Å². The molecule has 1 aliphatic carbocycles. The molecule has 0 aliphatic heterocycles. The van der Waals surface area contributed by atoms with Crippen LogP contribution in [0.4, 0.5) is 5.13 Å². The second-order valence-electron chi connectivity index (χ2n) is 3.01. The average molecular weight is 200 g/mol. The van der Waals surface area contributed by atoms with Crippen LogP contribution in [0.25, 0.3) is 0 Å². The Morgan fingerprint density at radius 3 is 2.92 bits per heavy atom. The van der Waals surface area contributed by atoms with Crippen molar-refractivity contribution in [2.24, 2.45) is 5.84 Å². The fourth-order valence-corrected chi connectivity index (χ4v) is 1.67. The predicted molar refractivity (Wildman–Crippen MR) is 50.1 cm³/mol. The monoisotopic (exact) mass is 200 g/mol. The van der Waals surface area contributed by atoms with E-state index in [0.29, 0.717) is 17.8 Å². The van der Waals surface area contributed by atoms with Gasteiger partial charge in [-0.2, -0.15) is 0 Å². The molecule has 0 bridgehead atoms. The minimum absolute atomic E-state index is 0.443. The van der Waals surface area contributed by atoms with Crippen molar-refractivity contribution < 1.29 is 4.74 Å². The van der Waals surface area contributed by atoms with Crippen molar-refractivity contribution in [2.45, 2.75) is 32.0 Å². The van der Waals surface area contributed by atoms with Gasteiger partial charge in [-0.1, -0.05) is 11.3 Å². The van der Waals surface area contributed by atoms with Crippen molar-refractivity contribution in [3.05, 3.63) is 5.01 Å². The Morgan fingerprint density at radius 1 is 1.54 bits per heavy atom. The summed E-state index contributed by atoms with van der Waals surface area (Å²) >= 11 is 1.43. The highest BCUT2D eigenvalue weighted by Gasteiger charge is 2.18. The summed E-state index contributed by atoms with van der Waals surface area (Å²) in [6.45, 7) is 0.560. The van der Waals surface area contributed by atoms with Gasteiger partial charge in [0.15, 0.2) is 0 Å². The fourth-order valence-electron chi connectivity index (χ4n) is 1.10. The number of ether oxygens (including phenoxy) is 1. The molecule has 0 unspecified atom stereocenters. The number of nitrogen functional groups attached to an aromatic ring is 1. The molecule has 1 heterocycles. The van der Waals surface area contributed by atoms with Crippen LogP contribution in [0.2, 0.25) is 0 Å². The molecule has 0 radical (unpaired) electrons. The Kier molecular flexibility index (Phi) is 2.72. The summed E-state index contributed by atoms with van der Waals surface area (Å²) in [6, 6.07) is 0. The van der Waals surface area contributed by atoms with E-state index in [0.717, 1.165) is 5.01 Å². The molecule has 2 rings (SSSR count). The van der Waals surface area contributed by atoms with Crippen molar-refractivity contribution >= 4 is 16.5 Å². The van der Waals surface area contributed by atoms with Crippen LogP contribution in [-0.4, -0.2) is 16.3 Å². The zero-order valence-corrected chi connectivity index (χ0v) is 8.01. The van der Waals surface area contributed by atoms with Gasteiger partial charge in [-0.25, -0.2) is 5.84 Å². The minimum atomic E-state index is 0.443. The first kappa shape index (κ1) is 8.86. The number of anilines is 1. The first-order valence-corrected chi connectivity index (χ1v) is 5.11. The average Bonchev–Trinajstić information content (AvgIpc) is 2.49. The van der Waals surface area contributed by atoms with Crippen LogP contribution in [0, 0.1) is 0 Å². The highest BCUT2D eigenvalue weighted by Crippen LogP contribution is 2.24. The van der Waals surface area contributed by atoms with Gasteiger partial charge in [0.05, 0.1) is 6.10 Å². The van der Waals surface area contributed by atoms with E-state index in [4.69, 9.17) is 10.6 Å². The maximum atomic E-state index is 5.56. The molecule has 3 N–H and O–H groups in total. The number of hydrazine groups is 1. The molecule has 0 atom stereocenters. The van der Waals surface area contributed by atoms with Gasteiger partial charge in [-0.3, -0.25) is 5.43 Å². The highest BCUT2D eigenvalue weighted by atomic mass is 32.1. The number of aromatic nitrogens is 2. The molecule has 1 fully saturated rings. The summed E-state index contributed by atoms with van der Waals surface area (Å²) < 4.78 is 5.56. The molecule has 1 aliphatic rings. The Labute approximate surface area is 80.3 Å². The van der Waals surface area contributed by atoms with Gasteiger partial charge < -0.3 is 4.74 Å². The quantitative estimate of drug-likeness (QED) is 0.558. The van der Waals surface area contributed by atoms with Gasteiger partial charge in [0.25, 0.3) is 0 Å². The number of nitrogens with zero attached hydrogens (tertiary/aromatic N) is 2. The Morgan fingerprint density at radius 2 is 2.38 bits per heavy atom. The molecular weight excluding hydrogens is 188 g/mol. The first-order valence-electron chi connectivity index (χ1n) is 4.29. The second kappa shape index (κ2) is 3.99. The molecule has 0 saturated heterocycles. The Balaban J connectivity index is 1.79. The molecule has 1 aromatic rings. The normalized spacial score (nSPS) is 17.0. The van der Waals surface area contributed by atoms with Crippen molar-refractivity contribution in [1.82, 2.24) is 10.2 Å². The van der Waals surface area contributed by atoms with E-state index in [2.05, 4.69) is 15.6 Å². The third-order valence-electron chi connectivity index (χ3n) is 2.09. The topological polar surface area (TPSA) is 73.1 Å².